The van der Waals surface area contributed by atoms with Crippen molar-refractivity contribution < 1.29 is 17.9 Å². The molecule has 0 spiro atoms. The Morgan fingerprint density at radius 3 is 2.03 bits per heavy atom. The van der Waals surface area contributed by atoms with Crippen LogP contribution in [0, 0.1) is 6.92 Å². The Morgan fingerprint density at radius 2 is 1.47 bits per heavy atom. The van der Waals surface area contributed by atoms with Crippen LogP contribution in [0.3, 0.4) is 0 Å². The number of piperazine rings is 1. The molecule has 0 amide bonds. The minimum absolute atomic E-state index is 0.00533. The lowest BCUT2D eigenvalue weighted by atomic mass is 10.2. The molecule has 4 heterocycles. The first-order valence-corrected chi connectivity index (χ1v) is 10.1. The second-order valence-electron chi connectivity index (χ2n) is 7.23. The van der Waals surface area contributed by atoms with Crippen molar-refractivity contribution in [2.75, 3.05) is 67.2 Å². The fourth-order valence-corrected chi connectivity index (χ4v) is 3.90. The second kappa shape index (κ2) is 8.43. The van der Waals surface area contributed by atoms with Gasteiger partial charge in [-0.25, -0.2) is 15.0 Å². The topological polar surface area (TPSA) is 57.6 Å². The number of pyridine rings is 1. The second-order valence-corrected chi connectivity index (χ2v) is 7.64. The summed E-state index contributed by atoms with van der Waals surface area (Å²) < 4.78 is 43.9. The number of morpholine rings is 1. The molecule has 0 radical (unpaired) electrons. The maximum Gasteiger partial charge on any atom is 0.417 e. The van der Waals surface area contributed by atoms with Crippen LogP contribution in [-0.4, -0.2) is 67.4 Å². The van der Waals surface area contributed by atoms with E-state index in [0.29, 0.717) is 51.0 Å². The number of halogens is 4. The average Bonchev–Trinajstić information content (AvgIpc) is 2.73. The summed E-state index contributed by atoms with van der Waals surface area (Å²) in [6.07, 6.45) is -3.63. The Balaban J connectivity index is 1.45. The van der Waals surface area contributed by atoms with Gasteiger partial charge in [-0.15, -0.1) is 0 Å². The van der Waals surface area contributed by atoms with Crippen LogP contribution in [0.4, 0.5) is 30.6 Å². The molecule has 0 N–H and O–H groups in total. The fraction of sp³-hybridized carbons (Fsp3) is 0.526. The van der Waals surface area contributed by atoms with E-state index >= 15 is 0 Å². The molecule has 0 aliphatic carbocycles. The maximum atomic E-state index is 12.8. The molecule has 0 unspecified atom stereocenters. The van der Waals surface area contributed by atoms with Gasteiger partial charge in [0.05, 0.1) is 23.8 Å². The Morgan fingerprint density at radius 1 is 0.900 bits per heavy atom. The van der Waals surface area contributed by atoms with Gasteiger partial charge in [0.1, 0.15) is 23.3 Å². The summed E-state index contributed by atoms with van der Waals surface area (Å²) in [6.45, 7) is 7.27. The number of aryl methyl sites for hydroxylation is 1. The van der Waals surface area contributed by atoms with Gasteiger partial charge < -0.3 is 19.4 Å². The largest absolute Gasteiger partial charge is 0.417 e. The van der Waals surface area contributed by atoms with E-state index in [1.54, 1.807) is 0 Å². The van der Waals surface area contributed by atoms with Gasteiger partial charge in [0.2, 0.25) is 0 Å². The van der Waals surface area contributed by atoms with E-state index in [0.717, 1.165) is 37.0 Å². The fourth-order valence-electron chi connectivity index (χ4n) is 3.62. The average molecular weight is 443 g/mol. The van der Waals surface area contributed by atoms with Gasteiger partial charge >= 0.3 is 6.18 Å². The van der Waals surface area contributed by atoms with Gasteiger partial charge in [0.25, 0.3) is 0 Å². The van der Waals surface area contributed by atoms with Gasteiger partial charge in [0.15, 0.2) is 0 Å². The lowest BCUT2D eigenvalue weighted by Crippen LogP contribution is -2.47. The molecule has 2 aromatic rings. The Hall–Kier alpha value is -2.33. The van der Waals surface area contributed by atoms with Crippen LogP contribution >= 0.6 is 11.6 Å². The third kappa shape index (κ3) is 4.54. The van der Waals surface area contributed by atoms with Crippen molar-refractivity contribution >= 4 is 29.1 Å². The smallest absolute Gasteiger partial charge is 0.378 e. The highest BCUT2D eigenvalue weighted by Crippen LogP contribution is 2.34. The molecule has 0 bridgehead atoms. The number of ether oxygens (including phenoxy) is 1. The number of rotatable bonds is 3. The molecule has 30 heavy (non-hydrogen) atoms. The van der Waals surface area contributed by atoms with Crippen LogP contribution in [-0.2, 0) is 10.9 Å². The van der Waals surface area contributed by atoms with Crippen LogP contribution in [0.15, 0.2) is 18.3 Å². The monoisotopic (exact) mass is 442 g/mol. The molecular formula is C19H22ClF3N6O. The normalized spacial score (nSPS) is 18.1. The summed E-state index contributed by atoms with van der Waals surface area (Å²) in [5.41, 5.74) is -0.845. The Kier molecular flexibility index (Phi) is 5.88. The van der Waals surface area contributed by atoms with E-state index in [1.807, 2.05) is 17.9 Å². The zero-order chi connectivity index (χ0) is 21.3. The van der Waals surface area contributed by atoms with Crippen molar-refractivity contribution in [1.29, 1.82) is 0 Å². The van der Waals surface area contributed by atoms with Crippen LogP contribution in [0.1, 0.15) is 11.4 Å². The molecule has 2 saturated heterocycles. The van der Waals surface area contributed by atoms with Crippen molar-refractivity contribution in [2.45, 2.75) is 13.1 Å². The Labute approximate surface area is 177 Å². The van der Waals surface area contributed by atoms with Crippen molar-refractivity contribution in [1.82, 2.24) is 15.0 Å². The predicted molar refractivity (Wildman–Crippen MR) is 108 cm³/mol. The van der Waals surface area contributed by atoms with Crippen LogP contribution in [0.5, 0.6) is 0 Å². The molecule has 7 nitrogen and oxygen atoms in total. The molecule has 2 aliphatic heterocycles. The first-order valence-electron chi connectivity index (χ1n) is 9.72. The maximum absolute atomic E-state index is 12.8. The molecule has 2 aromatic heterocycles. The summed E-state index contributed by atoms with van der Waals surface area (Å²) in [4.78, 5) is 19.3. The number of nitrogens with zero attached hydrogens (tertiary/aromatic N) is 6. The summed E-state index contributed by atoms with van der Waals surface area (Å²) in [6, 6.07) is 2.91. The van der Waals surface area contributed by atoms with Crippen molar-refractivity contribution in [3.8, 4) is 0 Å². The molecular weight excluding hydrogens is 421 g/mol. The van der Waals surface area contributed by atoms with Gasteiger partial charge in [-0.2, -0.15) is 13.2 Å². The molecule has 11 heteroatoms. The number of anilines is 3. The van der Waals surface area contributed by atoms with E-state index in [2.05, 4.69) is 24.8 Å². The van der Waals surface area contributed by atoms with Crippen molar-refractivity contribution in [2.24, 2.45) is 0 Å². The minimum atomic E-state index is -4.46. The number of hydrogen-bond donors (Lipinski definition) is 0. The molecule has 0 aromatic carbocycles. The summed E-state index contributed by atoms with van der Waals surface area (Å²) in [5, 5.41) is 0.00533. The van der Waals surface area contributed by atoms with Crippen molar-refractivity contribution in [3.63, 3.8) is 0 Å². The van der Waals surface area contributed by atoms with E-state index < -0.39 is 11.7 Å². The zero-order valence-corrected chi connectivity index (χ0v) is 17.2. The molecule has 0 saturated carbocycles. The van der Waals surface area contributed by atoms with E-state index in [1.165, 1.54) is 0 Å². The minimum Gasteiger partial charge on any atom is -0.378 e. The SMILES string of the molecule is Cc1nc(N2CCOCC2)cc(N2CCN(c3ncc(C(F)(F)F)cc3Cl)CC2)n1. The zero-order valence-electron chi connectivity index (χ0n) is 16.5. The molecule has 2 aliphatic rings. The molecule has 4 rings (SSSR count). The first kappa shape index (κ1) is 20.9. The quantitative estimate of drug-likeness (QED) is 0.724. The van der Waals surface area contributed by atoms with Gasteiger partial charge in [0, 0.05) is 51.5 Å². The van der Waals surface area contributed by atoms with Gasteiger partial charge in [-0.1, -0.05) is 11.6 Å². The summed E-state index contributed by atoms with van der Waals surface area (Å²) >= 11 is 6.10. The first-order chi connectivity index (χ1) is 14.3. The highest BCUT2D eigenvalue weighted by molar-refractivity contribution is 6.33. The van der Waals surface area contributed by atoms with Gasteiger partial charge in [-0.05, 0) is 13.0 Å². The highest BCUT2D eigenvalue weighted by atomic mass is 35.5. The third-order valence-electron chi connectivity index (χ3n) is 5.20. The lowest BCUT2D eigenvalue weighted by molar-refractivity contribution is -0.137. The van der Waals surface area contributed by atoms with Crippen LogP contribution < -0.4 is 14.7 Å². The van der Waals surface area contributed by atoms with Crippen LogP contribution in [0.25, 0.3) is 0 Å². The highest BCUT2D eigenvalue weighted by Gasteiger charge is 2.32. The predicted octanol–water partition coefficient (Wildman–Crippen LogP) is 3.02. The van der Waals surface area contributed by atoms with E-state index in [9.17, 15) is 13.2 Å². The Bertz CT molecular complexity index is 898. The van der Waals surface area contributed by atoms with E-state index in [-0.39, 0.29) is 5.02 Å². The van der Waals surface area contributed by atoms with E-state index in [4.69, 9.17) is 16.3 Å². The number of alkyl halides is 3. The number of hydrogen-bond acceptors (Lipinski definition) is 7. The standard InChI is InChI=1S/C19H22ClF3N6O/c1-13-25-16(11-17(26-13)28-6-8-30-9-7-28)27-2-4-29(5-3-27)18-15(20)10-14(12-24-18)19(21,22)23/h10-12H,2-9H2,1H3. The summed E-state index contributed by atoms with van der Waals surface area (Å²) in [5.74, 6) is 2.80. The van der Waals surface area contributed by atoms with Crippen molar-refractivity contribution in [3.05, 3.63) is 34.7 Å². The summed E-state index contributed by atoms with van der Waals surface area (Å²) in [7, 11) is 0. The van der Waals surface area contributed by atoms with Crippen LogP contribution in [0.2, 0.25) is 5.02 Å². The molecule has 162 valence electrons. The lowest BCUT2D eigenvalue weighted by Gasteiger charge is -2.37. The number of aromatic nitrogens is 3. The third-order valence-corrected chi connectivity index (χ3v) is 5.48. The van der Waals surface area contributed by atoms with Gasteiger partial charge in [-0.3, -0.25) is 0 Å². The molecule has 2 fully saturated rings. The molecule has 0 atom stereocenters.